The van der Waals surface area contributed by atoms with Crippen molar-refractivity contribution in [2.24, 2.45) is 0 Å². The van der Waals surface area contributed by atoms with Crippen molar-refractivity contribution in [1.82, 2.24) is 0 Å². The molecule has 0 aromatic rings. The first-order valence-electron chi connectivity index (χ1n) is 25.3. The van der Waals surface area contributed by atoms with Gasteiger partial charge in [-0.15, -0.1) is 0 Å². The van der Waals surface area contributed by atoms with Gasteiger partial charge in [0.2, 0.25) is 0 Å². The van der Waals surface area contributed by atoms with E-state index in [9.17, 15) is 14.4 Å². The number of carbonyl (C=O) groups excluding carboxylic acids is 3. The normalized spacial score (nSPS) is 13.2. The predicted octanol–water partition coefficient (Wildman–Crippen LogP) is 16.7. The van der Waals surface area contributed by atoms with Gasteiger partial charge in [-0.2, -0.15) is 0 Å². The Bertz CT molecular complexity index is 1430. The Labute approximate surface area is 392 Å². The maximum Gasteiger partial charge on any atom is 0.306 e. The second-order valence-electron chi connectivity index (χ2n) is 16.1. The van der Waals surface area contributed by atoms with Crippen LogP contribution in [0.4, 0.5) is 0 Å². The quantitative estimate of drug-likeness (QED) is 0.0200. The highest BCUT2D eigenvalue weighted by atomic mass is 16.6. The van der Waals surface area contributed by atoms with Gasteiger partial charge in [-0.25, -0.2) is 0 Å². The van der Waals surface area contributed by atoms with Crippen LogP contribution in [0.25, 0.3) is 0 Å². The van der Waals surface area contributed by atoms with Crippen LogP contribution < -0.4 is 0 Å². The maximum absolute atomic E-state index is 12.8. The third-order valence-corrected chi connectivity index (χ3v) is 10.0. The molecule has 0 radical (unpaired) electrons. The number of esters is 3. The highest BCUT2D eigenvalue weighted by molar-refractivity contribution is 5.71. The van der Waals surface area contributed by atoms with Gasteiger partial charge in [-0.3, -0.25) is 14.4 Å². The first kappa shape index (κ1) is 59.5. The third kappa shape index (κ3) is 48.6. The number of hydrogen-bond acceptors (Lipinski definition) is 6. The molecular formula is C58H90O6. The van der Waals surface area contributed by atoms with E-state index in [1.54, 1.807) is 0 Å². The Morgan fingerprint density at radius 3 is 1.17 bits per heavy atom. The van der Waals surface area contributed by atoms with E-state index < -0.39 is 6.10 Å². The summed E-state index contributed by atoms with van der Waals surface area (Å²) in [5.74, 6) is -1.05. The highest BCUT2D eigenvalue weighted by Gasteiger charge is 2.19. The molecule has 358 valence electrons. The minimum absolute atomic E-state index is 0.124. The van der Waals surface area contributed by atoms with E-state index in [4.69, 9.17) is 14.2 Å². The zero-order valence-electron chi connectivity index (χ0n) is 40.7. The van der Waals surface area contributed by atoms with Gasteiger partial charge in [0.1, 0.15) is 13.2 Å². The van der Waals surface area contributed by atoms with Crippen molar-refractivity contribution in [3.05, 3.63) is 134 Å². The molecule has 0 N–H and O–H groups in total. The average Bonchev–Trinajstić information content (AvgIpc) is 3.29. The van der Waals surface area contributed by atoms with Crippen LogP contribution in [-0.4, -0.2) is 37.2 Å². The number of hydrogen-bond donors (Lipinski definition) is 0. The molecule has 0 heterocycles. The molecule has 1 atom stereocenters. The lowest BCUT2D eigenvalue weighted by Crippen LogP contribution is -2.30. The molecule has 0 aliphatic heterocycles. The molecule has 64 heavy (non-hydrogen) atoms. The monoisotopic (exact) mass is 883 g/mol. The van der Waals surface area contributed by atoms with Crippen LogP contribution in [0.15, 0.2) is 134 Å². The van der Waals surface area contributed by atoms with Gasteiger partial charge in [0.15, 0.2) is 6.10 Å². The van der Waals surface area contributed by atoms with Crippen molar-refractivity contribution in [3.8, 4) is 0 Å². The molecule has 0 amide bonds. The summed E-state index contributed by atoms with van der Waals surface area (Å²) in [5, 5.41) is 0. The second kappa shape index (κ2) is 51.2. The molecule has 0 saturated heterocycles. The fourth-order valence-electron chi connectivity index (χ4n) is 6.22. The Hall–Kier alpha value is -4.45. The van der Waals surface area contributed by atoms with Gasteiger partial charge in [0, 0.05) is 19.3 Å². The lowest BCUT2D eigenvalue weighted by molar-refractivity contribution is -0.167. The summed E-state index contributed by atoms with van der Waals surface area (Å²) in [6.07, 6.45) is 71.5. The van der Waals surface area contributed by atoms with Gasteiger partial charge in [-0.1, -0.05) is 206 Å². The van der Waals surface area contributed by atoms with Gasteiger partial charge >= 0.3 is 17.9 Å². The van der Waals surface area contributed by atoms with E-state index in [1.807, 2.05) is 60.8 Å². The van der Waals surface area contributed by atoms with E-state index in [-0.39, 0.29) is 44.0 Å². The van der Waals surface area contributed by atoms with E-state index in [0.29, 0.717) is 19.3 Å². The molecule has 0 bridgehead atoms. The van der Waals surface area contributed by atoms with Crippen LogP contribution >= 0.6 is 0 Å². The SMILES string of the molecule is CC\C=C/C=C\C=C/C=C\C=C\C=C/CCCCCC(=O)OCC(COC(=O)CCCCCCC/C=C\CCCCC)OC(=O)CCC/C=C\C/C=C\C/C=C\C/C=C\CCCCC. The lowest BCUT2D eigenvalue weighted by Gasteiger charge is -2.18. The van der Waals surface area contributed by atoms with Crippen LogP contribution in [0, 0.1) is 0 Å². The van der Waals surface area contributed by atoms with Crippen molar-refractivity contribution in [2.75, 3.05) is 13.2 Å². The molecule has 0 rings (SSSR count). The molecule has 0 saturated carbocycles. The van der Waals surface area contributed by atoms with Crippen LogP contribution in [0.2, 0.25) is 0 Å². The molecule has 6 heteroatoms. The van der Waals surface area contributed by atoms with Gasteiger partial charge in [0.05, 0.1) is 0 Å². The fourth-order valence-corrected chi connectivity index (χ4v) is 6.22. The average molecular weight is 883 g/mol. The van der Waals surface area contributed by atoms with E-state index in [1.165, 1.54) is 57.8 Å². The van der Waals surface area contributed by atoms with Gasteiger partial charge in [0.25, 0.3) is 0 Å². The Kier molecular flexibility index (Phi) is 47.6. The summed E-state index contributed by atoms with van der Waals surface area (Å²) >= 11 is 0. The van der Waals surface area contributed by atoms with Crippen molar-refractivity contribution < 1.29 is 28.6 Å². The Morgan fingerprint density at radius 1 is 0.344 bits per heavy atom. The summed E-state index contributed by atoms with van der Waals surface area (Å²) in [6, 6.07) is 0. The topological polar surface area (TPSA) is 78.9 Å². The van der Waals surface area contributed by atoms with E-state index >= 15 is 0 Å². The number of allylic oxidation sites excluding steroid dienone is 22. The third-order valence-electron chi connectivity index (χ3n) is 10.0. The molecule has 1 unspecified atom stereocenters. The second-order valence-corrected chi connectivity index (χ2v) is 16.1. The summed E-state index contributed by atoms with van der Waals surface area (Å²) < 4.78 is 16.7. The highest BCUT2D eigenvalue weighted by Crippen LogP contribution is 2.11. The zero-order valence-corrected chi connectivity index (χ0v) is 40.7. The molecule has 6 nitrogen and oxygen atoms in total. The lowest BCUT2D eigenvalue weighted by atomic mass is 10.1. The summed E-state index contributed by atoms with van der Waals surface area (Å²) in [6.45, 7) is 6.32. The van der Waals surface area contributed by atoms with Crippen LogP contribution in [0.5, 0.6) is 0 Å². The van der Waals surface area contributed by atoms with Crippen LogP contribution in [0.1, 0.15) is 194 Å². The van der Waals surface area contributed by atoms with Gasteiger partial charge in [-0.05, 0) is 103 Å². The number of unbranched alkanes of at least 4 members (excludes halogenated alkanes) is 15. The van der Waals surface area contributed by atoms with Crippen molar-refractivity contribution in [3.63, 3.8) is 0 Å². The first-order valence-corrected chi connectivity index (χ1v) is 25.3. The van der Waals surface area contributed by atoms with Crippen molar-refractivity contribution >= 4 is 17.9 Å². The molecule has 0 aromatic heterocycles. The predicted molar refractivity (Wildman–Crippen MR) is 274 cm³/mol. The minimum Gasteiger partial charge on any atom is -0.462 e. The molecule has 0 spiro atoms. The first-order chi connectivity index (χ1) is 31.5. The van der Waals surface area contributed by atoms with Crippen molar-refractivity contribution in [1.29, 1.82) is 0 Å². The molecule has 0 aliphatic rings. The molecular weight excluding hydrogens is 793 g/mol. The smallest absolute Gasteiger partial charge is 0.306 e. The summed E-state index contributed by atoms with van der Waals surface area (Å²) in [5.41, 5.74) is 0. The number of rotatable bonds is 43. The van der Waals surface area contributed by atoms with Gasteiger partial charge < -0.3 is 14.2 Å². The minimum atomic E-state index is -0.833. The molecule has 0 fully saturated rings. The molecule has 0 aromatic carbocycles. The van der Waals surface area contributed by atoms with Crippen LogP contribution in [-0.2, 0) is 28.6 Å². The maximum atomic E-state index is 12.8. The zero-order chi connectivity index (χ0) is 46.5. The van der Waals surface area contributed by atoms with Crippen molar-refractivity contribution in [2.45, 2.75) is 200 Å². The Balaban J connectivity index is 4.61. The number of ether oxygens (including phenoxy) is 3. The standard InChI is InChI=1S/C58H90O6/c1-4-7-10-13-16-19-22-25-27-29-31-33-36-39-42-45-48-51-57(60)63-54-55(53-62-56(59)50-47-44-41-38-35-24-21-18-15-12-9-6-3)64-58(61)52-49-46-43-40-37-34-32-30-28-26-23-20-17-14-11-8-5-2/h7,10,13,16-22,25-29,31-34,36,40,43,55H,4-6,8-9,11-12,14-15,23-24,30,35,37-39,41-42,44-54H2,1-3H3/b10-7-,16-13-,20-17-,21-18-,22-19-,27-25-,28-26-,31-29+,34-32-,36-33-,43-40-. The number of carbonyl (C=O) groups is 3. The fraction of sp³-hybridized carbons (Fsp3) is 0.569. The van der Waals surface area contributed by atoms with E-state index in [0.717, 1.165) is 83.5 Å². The Morgan fingerprint density at radius 2 is 0.688 bits per heavy atom. The van der Waals surface area contributed by atoms with E-state index in [2.05, 4.69) is 93.7 Å². The van der Waals surface area contributed by atoms with Crippen LogP contribution in [0.3, 0.4) is 0 Å². The summed E-state index contributed by atoms with van der Waals surface area (Å²) in [7, 11) is 0. The largest absolute Gasteiger partial charge is 0.462 e. The molecule has 0 aliphatic carbocycles. The summed E-state index contributed by atoms with van der Waals surface area (Å²) in [4.78, 5) is 37.9.